The number of nitrogens with two attached hydrogens (primary N) is 1. The normalized spacial score (nSPS) is 12.0. The second-order valence-corrected chi connectivity index (χ2v) is 6.52. The minimum atomic E-state index is -4.49. The van der Waals surface area contributed by atoms with Crippen molar-refractivity contribution in [2.75, 3.05) is 0 Å². The highest BCUT2D eigenvalue weighted by Crippen LogP contribution is 2.29. The summed E-state index contributed by atoms with van der Waals surface area (Å²) in [4.78, 5) is 11.4. The van der Waals surface area contributed by atoms with Crippen LogP contribution in [-0.2, 0) is 27.5 Å². The van der Waals surface area contributed by atoms with Gasteiger partial charge in [-0.1, -0.05) is 12.1 Å². The summed E-state index contributed by atoms with van der Waals surface area (Å²) >= 11 is 0. The highest BCUT2D eigenvalue weighted by Gasteiger charge is 2.30. The van der Waals surface area contributed by atoms with E-state index in [1.165, 1.54) is 0 Å². The second-order valence-electron chi connectivity index (χ2n) is 4.96. The van der Waals surface area contributed by atoms with Gasteiger partial charge in [-0.2, -0.15) is 13.2 Å². The minimum Gasteiger partial charge on any atom is -0.457 e. The maximum atomic E-state index is 13.7. The van der Waals surface area contributed by atoms with Crippen molar-refractivity contribution in [1.82, 2.24) is 0 Å². The lowest BCUT2D eigenvalue weighted by Crippen LogP contribution is -2.15. The molecule has 0 amide bonds. The summed E-state index contributed by atoms with van der Waals surface area (Å²) in [6.07, 6.45) is -4.49. The van der Waals surface area contributed by atoms with Gasteiger partial charge in [-0.3, -0.25) is 0 Å². The minimum absolute atomic E-state index is 0.240. The average molecular weight is 377 g/mol. The zero-order valence-corrected chi connectivity index (χ0v) is 13.2. The number of hydrogen-bond acceptors (Lipinski definition) is 4. The first-order valence-corrected chi connectivity index (χ1v) is 8.19. The first-order valence-electron chi connectivity index (χ1n) is 6.64. The number of hydrogen-bond donors (Lipinski definition) is 1. The van der Waals surface area contributed by atoms with Crippen molar-refractivity contribution in [3.8, 4) is 0 Å². The van der Waals surface area contributed by atoms with E-state index in [-0.39, 0.29) is 5.56 Å². The third-order valence-electron chi connectivity index (χ3n) is 3.14. The van der Waals surface area contributed by atoms with Gasteiger partial charge in [0.15, 0.2) is 0 Å². The fourth-order valence-electron chi connectivity index (χ4n) is 1.85. The van der Waals surface area contributed by atoms with E-state index in [0.29, 0.717) is 0 Å². The molecule has 0 spiro atoms. The SMILES string of the molecule is NS(=O)(=O)c1ccc(F)c(C(=O)OCc2ccc(C(F)(F)F)cc2)c1. The highest BCUT2D eigenvalue weighted by atomic mass is 32.2. The number of ether oxygens (including phenoxy) is 1. The molecular formula is C15H11F4NO4S. The molecular weight excluding hydrogens is 366 g/mol. The molecule has 0 radical (unpaired) electrons. The van der Waals surface area contributed by atoms with Gasteiger partial charge in [0.1, 0.15) is 12.4 Å². The van der Waals surface area contributed by atoms with Crippen LogP contribution < -0.4 is 5.14 Å². The summed E-state index contributed by atoms with van der Waals surface area (Å²) in [5.41, 5.74) is -1.28. The van der Waals surface area contributed by atoms with Crippen LogP contribution in [0.5, 0.6) is 0 Å². The fourth-order valence-corrected chi connectivity index (χ4v) is 2.39. The van der Waals surface area contributed by atoms with Crippen LogP contribution >= 0.6 is 0 Å². The van der Waals surface area contributed by atoms with Crippen molar-refractivity contribution in [3.63, 3.8) is 0 Å². The molecule has 2 aromatic carbocycles. The third-order valence-corrected chi connectivity index (χ3v) is 4.05. The molecule has 0 unspecified atom stereocenters. The number of esters is 1. The van der Waals surface area contributed by atoms with Crippen molar-refractivity contribution in [2.24, 2.45) is 5.14 Å². The van der Waals surface area contributed by atoms with E-state index in [1.54, 1.807) is 0 Å². The Morgan fingerprint density at radius 2 is 1.68 bits per heavy atom. The second kappa shape index (κ2) is 6.81. The van der Waals surface area contributed by atoms with E-state index < -0.39 is 50.6 Å². The topological polar surface area (TPSA) is 86.5 Å². The number of primary sulfonamides is 1. The van der Waals surface area contributed by atoms with Crippen LogP contribution in [0.1, 0.15) is 21.5 Å². The van der Waals surface area contributed by atoms with Crippen molar-refractivity contribution < 1.29 is 35.5 Å². The Labute approximate surface area is 140 Å². The molecule has 0 atom stereocenters. The Morgan fingerprint density at radius 1 is 1.08 bits per heavy atom. The number of carbonyl (C=O) groups is 1. The van der Waals surface area contributed by atoms with E-state index in [9.17, 15) is 30.8 Å². The maximum absolute atomic E-state index is 13.7. The molecule has 2 N–H and O–H groups in total. The lowest BCUT2D eigenvalue weighted by atomic mass is 10.1. The van der Waals surface area contributed by atoms with Crippen LogP contribution in [0.3, 0.4) is 0 Å². The number of alkyl halides is 3. The molecule has 0 saturated heterocycles. The molecule has 0 fully saturated rings. The predicted octanol–water partition coefficient (Wildman–Crippen LogP) is 2.85. The number of benzene rings is 2. The van der Waals surface area contributed by atoms with E-state index in [2.05, 4.69) is 0 Å². The van der Waals surface area contributed by atoms with Gasteiger partial charge in [0, 0.05) is 0 Å². The Balaban J connectivity index is 2.13. The highest BCUT2D eigenvalue weighted by molar-refractivity contribution is 7.89. The number of sulfonamides is 1. The monoisotopic (exact) mass is 377 g/mol. The van der Waals surface area contributed by atoms with Gasteiger partial charge in [0.25, 0.3) is 0 Å². The zero-order valence-electron chi connectivity index (χ0n) is 12.4. The number of carbonyl (C=O) groups excluding carboxylic acids is 1. The Hall–Kier alpha value is -2.46. The van der Waals surface area contributed by atoms with Crippen molar-refractivity contribution in [2.45, 2.75) is 17.7 Å². The van der Waals surface area contributed by atoms with Gasteiger partial charge in [0.05, 0.1) is 16.0 Å². The lowest BCUT2D eigenvalue weighted by Gasteiger charge is -2.09. The molecule has 0 aliphatic carbocycles. The molecule has 5 nitrogen and oxygen atoms in total. The molecule has 0 aromatic heterocycles. The summed E-state index contributed by atoms with van der Waals surface area (Å²) in [7, 11) is -4.14. The zero-order chi connectivity index (χ0) is 18.8. The smallest absolute Gasteiger partial charge is 0.416 e. The van der Waals surface area contributed by atoms with Crippen LogP contribution in [0.4, 0.5) is 17.6 Å². The van der Waals surface area contributed by atoms with Gasteiger partial charge in [-0.15, -0.1) is 0 Å². The molecule has 0 aliphatic rings. The molecule has 0 aliphatic heterocycles. The van der Waals surface area contributed by atoms with E-state index >= 15 is 0 Å². The Morgan fingerprint density at radius 3 is 2.20 bits per heavy atom. The molecule has 2 rings (SSSR count). The summed E-state index contributed by atoms with van der Waals surface area (Å²) in [6, 6.07) is 6.18. The summed E-state index contributed by atoms with van der Waals surface area (Å²) in [6.45, 7) is -0.421. The van der Waals surface area contributed by atoms with Crippen LogP contribution in [0.15, 0.2) is 47.4 Å². The maximum Gasteiger partial charge on any atom is 0.416 e. The quantitative estimate of drug-likeness (QED) is 0.656. The third kappa shape index (κ3) is 4.77. The molecule has 25 heavy (non-hydrogen) atoms. The molecule has 134 valence electrons. The Kier molecular flexibility index (Phi) is 5.14. The summed E-state index contributed by atoms with van der Waals surface area (Å²) in [5, 5.41) is 4.90. The van der Waals surface area contributed by atoms with Crippen LogP contribution in [0, 0.1) is 5.82 Å². The standard InChI is InChI=1S/C15H11F4NO4S/c16-13-6-5-11(25(20,22)23)7-12(13)14(21)24-8-9-1-3-10(4-2-9)15(17,18)19/h1-7H,8H2,(H2,20,22,23). The van der Waals surface area contributed by atoms with Crippen LogP contribution in [-0.4, -0.2) is 14.4 Å². The summed E-state index contributed by atoms with van der Waals surface area (Å²) < 4.78 is 78.2. The average Bonchev–Trinajstić information content (AvgIpc) is 2.51. The van der Waals surface area contributed by atoms with E-state index in [0.717, 1.165) is 42.5 Å². The van der Waals surface area contributed by atoms with Crippen molar-refractivity contribution in [1.29, 1.82) is 0 Å². The van der Waals surface area contributed by atoms with E-state index in [4.69, 9.17) is 9.88 Å². The first kappa shape index (κ1) is 18.9. The number of rotatable bonds is 4. The number of halogens is 4. The Bertz CT molecular complexity index is 893. The van der Waals surface area contributed by atoms with E-state index in [1.807, 2.05) is 0 Å². The summed E-state index contributed by atoms with van der Waals surface area (Å²) in [5.74, 6) is -2.20. The van der Waals surface area contributed by atoms with Crippen molar-refractivity contribution in [3.05, 3.63) is 65.0 Å². The lowest BCUT2D eigenvalue weighted by molar-refractivity contribution is -0.137. The molecule has 0 bridgehead atoms. The van der Waals surface area contributed by atoms with Gasteiger partial charge < -0.3 is 4.74 Å². The van der Waals surface area contributed by atoms with Gasteiger partial charge in [0.2, 0.25) is 10.0 Å². The molecule has 10 heteroatoms. The largest absolute Gasteiger partial charge is 0.457 e. The fraction of sp³-hybridized carbons (Fsp3) is 0.133. The van der Waals surface area contributed by atoms with Gasteiger partial charge in [-0.25, -0.2) is 22.7 Å². The van der Waals surface area contributed by atoms with Crippen LogP contribution in [0.2, 0.25) is 0 Å². The molecule has 0 saturated carbocycles. The molecule has 0 heterocycles. The first-order chi connectivity index (χ1) is 11.5. The van der Waals surface area contributed by atoms with Gasteiger partial charge >= 0.3 is 12.1 Å². The molecule has 2 aromatic rings. The van der Waals surface area contributed by atoms with Crippen LogP contribution in [0.25, 0.3) is 0 Å². The predicted molar refractivity (Wildman–Crippen MR) is 78.3 cm³/mol. The van der Waals surface area contributed by atoms with Gasteiger partial charge in [-0.05, 0) is 35.9 Å². The van der Waals surface area contributed by atoms with Crippen molar-refractivity contribution >= 4 is 16.0 Å².